The standard InChI is InChI=1S/C19H42O3Si/c1-6-8-10-12-13-14-16-18-19(17-15-11-9-7-2)23(20-3,21-4)22-5/h19H,6-18H2,1-5H3. The highest BCUT2D eigenvalue weighted by Crippen LogP contribution is 2.34. The molecule has 0 saturated heterocycles. The molecule has 0 radical (unpaired) electrons. The first-order chi connectivity index (χ1) is 11.2. The number of unbranched alkanes of at least 4 members (excludes halogenated alkanes) is 9. The minimum atomic E-state index is -2.49. The largest absolute Gasteiger partial charge is 0.503 e. The molecule has 140 valence electrons. The van der Waals surface area contributed by atoms with Gasteiger partial charge in [0.25, 0.3) is 0 Å². The van der Waals surface area contributed by atoms with E-state index in [9.17, 15) is 0 Å². The average Bonchev–Trinajstić information content (AvgIpc) is 2.59. The molecule has 0 amide bonds. The lowest BCUT2D eigenvalue weighted by atomic mass is 10.0. The van der Waals surface area contributed by atoms with Crippen LogP contribution in [0.2, 0.25) is 5.54 Å². The second kappa shape index (κ2) is 15.6. The lowest BCUT2D eigenvalue weighted by Gasteiger charge is -2.32. The van der Waals surface area contributed by atoms with E-state index >= 15 is 0 Å². The molecule has 23 heavy (non-hydrogen) atoms. The maximum Gasteiger partial charge on any atom is 0.503 e. The molecule has 0 aromatic heterocycles. The molecule has 4 heteroatoms. The van der Waals surface area contributed by atoms with Crippen LogP contribution >= 0.6 is 0 Å². The first kappa shape index (κ1) is 23.1. The molecule has 0 aliphatic rings. The van der Waals surface area contributed by atoms with Crippen LogP contribution in [-0.4, -0.2) is 30.1 Å². The van der Waals surface area contributed by atoms with Gasteiger partial charge in [-0.05, 0) is 12.8 Å². The van der Waals surface area contributed by atoms with Gasteiger partial charge in [-0.25, -0.2) is 0 Å². The zero-order chi connectivity index (χ0) is 17.4. The number of hydrogen-bond acceptors (Lipinski definition) is 3. The molecule has 0 spiro atoms. The first-order valence-electron chi connectivity index (χ1n) is 9.86. The SMILES string of the molecule is CCCCCCCCCC(CCCCCC)[Si](OC)(OC)OC. The number of rotatable bonds is 17. The fraction of sp³-hybridized carbons (Fsp3) is 1.00. The summed E-state index contributed by atoms with van der Waals surface area (Å²) in [5.74, 6) is 0. The summed E-state index contributed by atoms with van der Waals surface area (Å²) in [5.41, 5.74) is 0.454. The Balaban J connectivity index is 4.25. The number of hydrogen-bond donors (Lipinski definition) is 0. The molecule has 0 fully saturated rings. The van der Waals surface area contributed by atoms with Gasteiger partial charge in [0.05, 0.1) is 0 Å². The van der Waals surface area contributed by atoms with Gasteiger partial charge >= 0.3 is 8.80 Å². The van der Waals surface area contributed by atoms with E-state index in [4.69, 9.17) is 13.3 Å². The quantitative estimate of drug-likeness (QED) is 0.227. The Morgan fingerprint density at radius 1 is 0.565 bits per heavy atom. The van der Waals surface area contributed by atoms with Crippen molar-refractivity contribution in [3.05, 3.63) is 0 Å². The fourth-order valence-electron chi connectivity index (χ4n) is 3.41. The normalized spacial score (nSPS) is 13.4. The molecular formula is C19H42O3Si. The molecule has 0 rings (SSSR count). The van der Waals surface area contributed by atoms with Crippen molar-refractivity contribution < 1.29 is 13.3 Å². The fourth-order valence-corrected chi connectivity index (χ4v) is 6.03. The van der Waals surface area contributed by atoms with Gasteiger partial charge in [0.15, 0.2) is 0 Å². The van der Waals surface area contributed by atoms with Crippen LogP contribution in [0.3, 0.4) is 0 Å². The van der Waals surface area contributed by atoms with E-state index in [1.54, 1.807) is 21.3 Å². The lowest BCUT2D eigenvalue weighted by molar-refractivity contribution is 0.107. The van der Waals surface area contributed by atoms with Crippen LogP contribution in [0.1, 0.15) is 97.3 Å². The molecule has 0 aromatic carbocycles. The summed E-state index contributed by atoms with van der Waals surface area (Å²) in [6, 6.07) is 0. The van der Waals surface area contributed by atoms with Crippen molar-refractivity contribution in [2.24, 2.45) is 0 Å². The van der Waals surface area contributed by atoms with Crippen molar-refractivity contribution in [1.82, 2.24) is 0 Å². The molecule has 0 aliphatic carbocycles. The lowest BCUT2D eigenvalue weighted by Crippen LogP contribution is -2.47. The molecule has 0 heterocycles. The third kappa shape index (κ3) is 9.85. The Hall–Kier alpha value is 0.0969. The third-order valence-electron chi connectivity index (χ3n) is 4.92. The van der Waals surface area contributed by atoms with Crippen LogP contribution in [0.5, 0.6) is 0 Å². The Morgan fingerprint density at radius 3 is 1.30 bits per heavy atom. The Bertz CT molecular complexity index is 237. The van der Waals surface area contributed by atoms with E-state index in [0.29, 0.717) is 5.54 Å². The molecule has 0 saturated carbocycles. The predicted octanol–water partition coefficient (Wildman–Crippen LogP) is 6.35. The minimum absolute atomic E-state index is 0.454. The Labute approximate surface area is 146 Å². The second-order valence-electron chi connectivity index (χ2n) is 6.67. The van der Waals surface area contributed by atoms with Crippen molar-refractivity contribution in [3.8, 4) is 0 Å². The molecule has 0 aromatic rings. The molecule has 0 aliphatic heterocycles. The van der Waals surface area contributed by atoms with Crippen LogP contribution in [0, 0.1) is 0 Å². The van der Waals surface area contributed by atoms with Gasteiger partial charge in [-0.1, -0.05) is 84.5 Å². The maximum absolute atomic E-state index is 5.76. The van der Waals surface area contributed by atoms with Gasteiger partial charge in [-0.2, -0.15) is 0 Å². The van der Waals surface area contributed by atoms with E-state index in [2.05, 4.69) is 13.8 Å². The Kier molecular flexibility index (Phi) is 15.7. The van der Waals surface area contributed by atoms with Crippen molar-refractivity contribution in [2.45, 2.75) is 103 Å². The van der Waals surface area contributed by atoms with Gasteiger partial charge in [-0.15, -0.1) is 0 Å². The summed E-state index contributed by atoms with van der Waals surface area (Å²) >= 11 is 0. The Morgan fingerprint density at radius 2 is 0.913 bits per heavy atom. The molecule has 1 atom stereocenters. The highest BCUT2D eigenvalue weighted by Gasteiger charge is 2.46. The predicted molar refractivity (Wildman–Crippen MR) is 102 cm³/mol. The molecule has 3 nitrogen and oxygen atoms in total. The maximum atomic E-state index is 5.76. The van der Waals surface area contributed by atoms with Crippen molar-refractivity contribution >= 4 is 8.80 Å². The summed E-state index contributed by atoms with van der Waals surface area (Å²) < 4.78 is 17.3. The van der Waals surface area contributed by atoms with Crippen molar-refractivity contribution in [1.29, 1.82) is 0 Å². The molecule has 1 unspecified atom stereocenters. The minimum Gasteiger partial charge on any atom is -0.377 e. The highest BCUT2D eigenvalue weighted by atomic mass is 28.4. The van der Waals surface area contributed by atoms with Crippen molar-refractivity contribution in [2.75, 3.05) is 21.3 Å². The van der Waals surface area contributed by atoms with Crippen LogP contribution in [-0.2, 0) is 13.3 Å². The molecule has 0 N–H and O–H groups in total. The van der Waals surface area contributed by atoms with Gasteiger partial charge in [0, 0.05) is 26.9 Å². The third-order valence-corrected chi connectivity index (χ3v) is 8.20. The first-order valence-corrected chi connectivity index (χ1v) is 11.7. The second-order valence-corrected chi connectivity index (χ2v) is 9.92. The van der Waals surface area contributed by atoms with Crippen molar-refractivity contribution in [3.63, 3.8) is 0 Å². The van der Waals surface area contributed by atoms with Crippen LogP contribution in [0.15, 0.2) is 0 Å². The molecular weight excluding hydrogens is 304 g/mol. The summed E-state index contributed by atoms with van der Waals surface area (Å²) in [7, 11) is 2.77. The summed E-state index contributed by atoms with van der Waals surface area (Å²) in [6.45, 7) is 4.53. The monoisotopic (exact) mass is 346 g/mol. The summed E-state index contributed by atoms with van der Waals surface area (Å²) in [5, 5.41) is 0. The van der Waals surface area contributed by atoms with Gasteiger partial charge < -0.3 is 13.3 Å². The summed E-state index contributed by atoms with van der Waals surface area (Å²) in [4.78, 5) is 0. The molecule has 0 bridgehead atoms. The van der Waals surface area contributed by atoms with E-state index in [1.807, 2.05) is 0 Å². The van der Waals surface area contributed by atoms with Crippen LogP contribution in [0.25, 0.3) is 0 Å². The van der Waals surface area contributed by atoms with Gasteiger partial charge in [0.2, 0.25) is 0 Å². The van der Waals surface area contributed by atoms with Crippen LogP contribution < -0.4 is 0 Å². The van der Waals surface area contributed by atoms with E-state index in [-0.39, 0.29) is 0 Å². The van der Waals surface area contributed by atoms with E-state index in [0.717, 1.165) is 0 Å². The van der Waals surface area contributed by atoms with Gasteiger partial charge in [-0.3, -0.25) is 0 Å². The van der Waals surface area contributed by atoms with Gasteiger partial charge in [0.1, 0.15) is 0 Å². The van der Waals surface area contributed by atoms with E-state index in [1.165, 1.54) is 83.5 Å². The topological polar surface area (TPSA) is 27.7 Å². The zero-order valence-electron chi connectivity index (χ0n) is 16.5. The van der Waals surface area contributed by atoms with E-state index < -0.39 is 8.80 Å². The smallest absolute Gasteiger partial charge is 0.377 e. The van der Waals surface area contributed by atoms with Crippen LogP contribution in [0.4, 0.5) is 0 Å². The highest BCUT2D eigenvalue weighted by molar-refractivity contribution is 6.62. The average molecular weight is 347 g/mol. The summed E-state index contributed by atoms with van der Waals surface area (Å²) in [6.07, 6.45) is 17.0. The zero-order valence-corrected chi connectivity index (χ0v) is 17.5.